The number of aromatic nitrogens is 1. The highest BCUT2D eigenvalue weighted by atomic mass is 35.5. The van der Waals surface area contributed by atoms with Crippen LogP contribution in [0.2, 0.25) is 5.02 Å². The first-order valence-electron chi connectivity index (χ1n) is 5.46. The first-order valence-corrected chi connectivity index (χ1v) is 7.32. The second kappa shape index (κ2) is 5.66. The molecular formula is C12H8ClFN2O4S. The summed E-state index contributed by atoms with van der Waals surface area (Å²) < 4.78 is 39.8. The van der Waals surface area contributed by atoms with E-state index >= 15 is 0 Å². The van der Waals surface area contributed by atoms with Crippen LogP contribution in [0.3, 0.4) is 0 Å². The minimum absolute atomic E-state index is 0.111. The lowest BCUT2D eigenvalue weighted by Gasteiger charge is -2.09. The van der Waals surface area contributed by atoms with Crippen LogP contribution in [-0.2, 0) is 10.0 Å². The molecule has 6 nitrogen and oxygen atoms in total. The van der Waals surface area contributed by atoms with Crippen molar-refractivity contribution in [3.05, 3.63) is 53.1 Å². The van der Waals surface area contributed by atoms with Crippen LogP contribution in [0.1, 0.15) is 10.4 Å². The zero-order chi connectivity index (χ0) is 15.6. The molecule has 9 heteroatoms. The third-order valence-corrected chi connectivity index (χ3v) is 3.99. The van der Waals surface area contributed by atoms with Gasteiger partial charge in [-0.25, -0.2) is 17.6 Å². The number of hydrogen-bond donors (Lipinski definition) is 2. The number of carbonyl (C=O) groups is 1. The Bertz CT molecular complexity index is 811. The van der Waals surface area contributed by atoms with Crippen molar-refractivity contribution in [3.8, 4) is 0 Å². The van der Waals surface area contributed by atoms with Crippen LogP contribution in [0.5, 0.6) is 0 Å². The first kappa shape index (κ1) is 15.2. The van der Waals surface area contributed by atoms with Crippen LogP contribution in [0.4, 0.5) is 10.1 Å². The van der Waals surface area contributed by atoms with E-state index in [1.807, 2.05) is 4.72 Å². The zero-order valence-electron chi connectivity index (χ0n) is 10.2. The number of anilines is 1. The Balaban J connectivity index is 2.35. The fourth-order valence-corrected chi connectivity index (χ4v) is 2.77. The van der Waals surface area contributed by atoms with Crippen molar-refractivity contribution in [1.82, 2.24) is 4.98 Å². The lowest BCUT2D eigenvalue weighted by molar-refractivity contribution is 0.0696. The molecule has 1 aromatic heterocycles. The number of sulfonamides is 1. The van der Waals surface area contributed by atoms with E-state index in [0.717, 1.165) is 30.5 Å². The SMILES string of the molecule is O=C(O)c1ccc(NS(=O)(=O)c2cncc(Cl)c2)c(F)c1. The molecule has 21 heavy (non-hydrogen) atoms. The Morgan fingerprint density at radius 1 is 1.29 bits per heavy atom. The van der Waals surface area contributed by atoms with Crippen LogP contribution in [0.15, 0.2) is 41.6 Å². The smallest absolute Gasteiger partial charge is 0.335 e. The summed E-state index contributed by atoms with van der Waals surface area (Å²) in [5.41, 5.74) is -0.667. The maximum Gasteiger partial charge on any atom is 0.335 e. The van der Waals surface area contributed by atoms with Gasteiger partial charge in [0.25, 0.3) is 10.0 Å². The largest absolute Gasteiger partial charge is 0.478 e. The van der Waals surface area contributed by atoms with Gasteiger partial charge in [-0.1, -0.05) is 11.6 Å². The number of nitrogens with one attached hydrogen (secondary N) is 1. The Morgan fingerprint density at radius 3 is 2.57 bits per heavy atom. The fraction of sp³-hybridized carbons (Fsp3) is 0. The summed E-state index contributed by atoms with van der Waals surface area (Å²) in [5, 5.41) is 8.82. The number of pyridine rings is 1. The minimum Gasteiger partial charge on any atom is -0.478 e. The summed E-state index contributed by atoms with van der Waals surface area (Å²) in [5.74, 6) is -2.32. The van der Waals surface area contributed by atoms with Gasteiger partial charge < -0.3 is 5.11 Å². The minimum atomic E-state index is -4.08. The number of hydrogen-bond acceptors (Lipinski definition) is 4. The second-order valence-electron chi connectivity index (χ2n) is 3.94. The average molecular weight is 331 g/mol. The monoisotopic (exact) mass is 330 g/mol. The Hall–Kier alpha value is -2.19. The number of nitrogens with zero attached hydrogens (tertiary/aromatic N) is 1. The number of benzene rings is 1. The lowest BCUT2D eigenvalue weighted by Crippen LogP contribution is -2.14. The highest BCUT2D eigenvalue weighted by Gasteiger charge is 2.18. The number of halogens is 2. The Morgan fingerprint density at radius 2 is 2.00 bits per heavy atom. The maximum absolute atomic E-state index is 13.7. The van der Waals surface area contributed by atoms with Crippen molar-refractivity contribution in [2.45, 2.75) is 4.90 Å². The molecule has 1 heterocycles. The number of carboxylic acids is 1. The molecule has 2 N–H and O–H groups in total. The van der Waals surface area contributed by atoms with E-state index in [1.54, 1.807) is 0 Å². The molecule has 0 aliphatic heterocycles. The van der Waals surface area contributed by atoms with Gasteiger partial charge in [0.1, 0.15) is 10.7 Å². The molecule has 110 valence electrons. The number of aromatic carboxylic acids is 1. The highest BCUT2D eigenvalue weighted by molar-refractivity contribution is 7.92. The van der Waals surface area contributed by atoms with Crippen LogP contribution >= 0.6 is 11.6 Å². The van der Waals surface area contributed by atoms with Crippen LogP contribution in [-0.4, -0.2) is 24.5 Å². The summed E-state index contributed by atoms with van der Waals surface area (Å²) in [7, 11) is -4.08. The molecule has 0 saturated heterocycles. The molecular weight excluding hydrogens is 323 g/mol. The predicted molar refractivity (Wildman–Crippen MR) is 73.4 cm³/mol. The molecule has 1 aromatic carbocycles. The van der Waals surface area contributed by atoms with E-state index in [1.165, 1.54) is 6.20 Å². The number of carboxylic acid groups (broad SMARTS) is 1. The molecule has 2 aromatic rings. The van der Waals surface area contributed by atoms with E-state index in [0.29, 0.717) is 0 Å². The van der Waals surface area contributed by atoms with Gasteiger partial charge in [-0.2, -0.15) is 0 Å². The molecule has 0 unspecified atom stereocenters. The van der Waals surface area contributed by atoms with Crippen LogP contribution in [0, 0.1) is 5.82 Å². The van der Waals surface area contributed by atoms with Crippen molar-refractivity contribution < 1.29 is 22.7 Å². The van der Waals surface area contributed by atoms with Crippen molar-refractivity contribution in [2.75, 3.05) is 4.72 Å². The van der Waals surface area contributed by atoms with Gasteiger partial charge in [0, 0.05) is 12.4 Å². The van der Waals surface area contributed by atoms with E-state index in [9.17, 15) is 17.6 Å². The quantitative estimate of drug-likeness (QED) is 0.897. The zero-order valence-corrected chi connectivity index (χ0v) is 11.8. The Labute approximate surface area is 124 Å². The summed E-state index contributed by atoms with van der Waals surface area (Å²) in [4.78, 5) is 14.1. The predicted octanol–water partition coefficient (Wildman–Crippen LogP) is 2.37. The fourth-order valence-electron chi connectivity index (χ4n) is 1.47. The van der Waals surface area contributed by atoms with E-state index in [4.69, 9.17) is 16.7 Å². The highest BCUT2D eigenvalue weighted by Crippen LogP contribution is 2.21. The van der Waals surface area contributed by atoms with E-state index < -0.39 is 21.8 Å². The van der Waals surface area contributed by atoms with Gasteiger partial charge in [-0.15, -0.1) is 0 Å². The van der Waals surface area contributed by atoms with Crippen molar-refractivity contribution >= 4 is 33.3 Å². The van der Waals surface area contributed by atoms with E-state index in [2.05, 4.69) is 4.98 Å². The van der Waals surface area contributed by atoms with Gasteiger partial charge in [0.15, 0.2) is 0 Å². The molecule has 0 aliphatic carbocycles. The molecule has 0 atom stereocenters. The normalized spacial score (nSPS) is 11.1. The van der Waals surface area contributed by atoms with Gasteiger partial charge in [0.2, 0.25) is 0 Å². The van der Waals surface area contributed by atoms with Crippen molar-refractivity contribution in [1.29, 1.82) is 0 Å². The van der Waals surface area contributed by atoms with Crippen LogP contribution in [0.25, 0.3) is 0 Å². The van der Waals surface area contributed by atoms with Crippen molar-refractivity contribution in [3.63, 3.8) is 0 Å². The standard InChI is InChI=1S/C12H8ClFN2O4S/c13-8-4-9(6-15-5-8)21(19,20)16-11-2-1-7(12(17)18)3-10(11)14/h1-6,16H,(H,17,18). The average Bonchev–Trinajstić information content (AvgIpc) is 2.40. The molecule has 0 amide bonds. The molecule has 0 spiro atoms. The van der Waals surface area contributed by atoms with Gasteiger partial charge >= 0.3 is 5.97 Å². The van der Waals surface area contributed by atoms with Gasteiger partial charge in [-0.05, 0) is 24.3 Å². The molecule has 0 aliphatic rings. The number of rotatable bonds is 4. The second-order valence-corrected chi connectivity index (χ2v) is 6.06. The van der Waals surface area contributed by atoms with Gasteiger partial charge in [0.05, 0.1) is 16.3 Å². The topological polar surface area (TPSA) is 96.4 Å². The first-order chi connectivity index (χ1) is 9.79. The van der Waals surface area contributed by atoms with Crippen molar-refractivity contribution in [2.24, 2.45) is 0 Å². The molecule has 0 bridgehead atoms. The third-order valence-electron chi connectivity index (χ3n) is 2.45. The molecule has 2 rings (SSSR count). The summed E-state index contributed by atoms with van der Waals surface area (Å²) in [6.45, 7) is 0. The summed E-state index contributed by atoms with van der Waals surface area (Å²) >= 11 is 5.65. The lowest BCUT2D eigenvalue weighted by atomic mass is 10.2. The van der Waals surface area contributed by atoms with E-state index in [-0.39, 0.29) is 21.2 Å². The molecule has 0 radical (unpaired) electrons. The maximum atomic E-state index is 13.7. The summed E-state index contributed by atoms with van der Waals surface area (Å²) in [6.07, 6.45) is 2.31. The molecule has 0 fully saturated rings. The third kappa shape index (κ3) is 3.47. The van der Waals surface area contributed by atoms with Gasteiger partial charge in [-0.3, -0.25) is 9.71 Å². The van der Waals surface area contributed by atoms with Crippen LogP contribution < -0.4 is 4.72 Å². The Kier molecular flexibility index (Phi) is 4.10. The molecule has 0 saturated carbocycles. The summed E-state index contributed by atoms with van der Waals surface area (Å²) in [6, 6.07) is 3.98.